The second kappa shape index (κ2) is 13.6. The molecule has 0 saturated carbocycles. The normalized spacial score (nSPS) is 14.4. The fourth-order valence-corrected chi connectivity index (χ4v) is 14.3. The van der Waals surface area contributed by atoms with E-state index in [2.05, 4.69) is 87.9 Å². The van der Waals surface area contributed by atoms with Crippen LogP contribution in [0.15, 0.2) is 9.98 Å². The van der Waals surface area contributed by atoms with Crippen LogP contribution in [0.5, 0.6) is 0 Å². The lowest BCUT2D eigenvalue weighted by molar-refractivity contribution is 0.539. The molecule has 0 aliphatic rings. The molecular formula is C22H52N2OSi4. The Balaban J connectivity index is 4.06. The van der Waals surface area contributed by atoms with Gasteiger partial charge in [-0.3, -0.25) is 9.98 Å². The summed E-state index contributed by atoms with van der Waals surface area (Å²) in [4.78, 5) is 9.27. The zero-order valence-electron chi connectivity index (χ0n) is 21.5. The molecule has 0 bridgehead atoms. The van der Waals surface area contributed by atoms with Gasteiger partial charge in [-0.25, -0.2) is 0 Å². The van der Waals surface area contributed by atoms with E-state index in [1.54, 1.807) is 0 Å². The van der Waals surface area contributed by atoms with E-state index in [4.69, 9.17) is 4.12 Å². The molecule has 172 valence electrons. The van der Waals surface area contributed by atoms with Gasteiger partial charge in [0.25, 0.3) is 0 Å². The SMILES string of the molecule is C[Si](C)(C)CCCN=CCC[Si](C)(C)O[Si](C)(C)CCC=NCCC[Si](C)(C)C. The molecule has 3 nitrogen and oxygen atoms in total. The van der Waals surface area contributed by atoms with Crippen molar-refractivity contribution in [3.8, 4) is 0 Å². The summed E-state index contributed by atoms with van der Waals surface area (Å²) >= 11 is 0. The average Bonchev–Trinajstić information content (AvgIpc) is 2.49. The van der Waals surface area contributed by atoms with Crippen molar-refractivity contribution >= 4 is 45.2 Å². The molecule has 29 heavy (non-hydrogen) atoms. The van der Waals surface area contributed by atoms with Crippen molar-refractivity contribution in [3.63, 3.8) is 0 Å². The first-order valence-electron chi connectivity index (χ1n) is 11.8. The molecule has 0 radical (unpaired) electrons. The Labute approximate surface area is 187 Å². The third kappa shape index (κ3) is 21.2. The van der Waals surface area contributed by atoms with Crippen molar-refractivity contribution in [2.45, 2.75) is 115 Å². The van der Waals surface area contributed by atoms with Gasteiger partial charge in [0, 0.05) is 29.2 Å². The summed E-state index contributed by atoms with van der Waals surface area (Å²) in [5.41, 5.74) is 0. The number of hydrogen-bond donors (Lipinski definition) is 0. The van der Waals surface area contributed by atoms with E-state index in [0.717, 1.165) is 25.9 Å². The second-order valence-corrected chi connectivity index (χ2v) is 32.3. The lowest BCUT2D eigenvalue weighted by Gasteiger charge is -2.33. The summed E-state index contributed by atoms with van der Waals surface area (Å²) in [6, 6.07) is 5.14. The topological polar surface area (TPSA) is 34.0 Å². The Bertz CT molecular complexity index is 448. The highest BCUT2D eigenvalue weighted by Crippen LogP contribution is 2.23. The van der Waals surface area contributed by atoms with E-state index in [-0.39, 0.29) is 0 Å². The van der Waals surface area contributed by atoms with E-state index in [9.17, 15) is 0 Å². The molecule has 0 aliphatic carbocycles. The Morgan fingerprint density at radius 1 is 0.552 bits per heavy atom. The largest absolute Gasteiger partial charge is 0.455 e. The molecule has 0 aromatic rings. The Morgan fingerprint density at radius 2 is 0.897 bits per heavy atom. The van der Waals surface area contributed by atoms with Crippen molar-refractivity contribution in [2.24, 2.45) is 9.98 Å². The van der Waals surface area contributed by atoms with Crippen molar-refractivity contribution in [2.75, 3.05) is 13.1 Å². The lowest BCUT2D eigenvalue weighted by Crippen LogP contribution is -2.44. The van der Waals surface area contributed by atoms with Gasteiger partial charge in [0.15, 0.2) is 16.6 Å². The Morgan fingerprint density at radius 3 is 1.21 bits per heavy atom. The van der Waals surface area contributed by atoms with E-state index < -0.39 is 32.8 Å². The summed E-state index contributed by atoms with van der Waals surface area (Å²) in [5.74, 6) is 0. The van der Waals surface area contributed by atoms with Crippen LogP contribution in [0, 0.1) is 0 Å². The van der Waals surface area contributed by atoms with Gasteiger partial charge in [0.1, 0.15) is 0 Å². The van der Waals surface area contributed by atoms with Gasteiger partial charge in [0.2, 0.25) is 0 Å². The van der Waals surface area contributed by atoms with Crippen LogP contribution in [0.1, 0.15) is 25.7 Å². The summed E-state index contributed by atoms with van der Waals surface area (Å²) < 4.78 is 6.74. The van der Waals surface area contributed by atoms with Crippen molar-refractivity contribution < 1.29 is 4.12 Å². The van der Waals surface area contributed by atoms with Gasteiger partial charge in [-0.15, -0.1) is 0 Å². The van der Waals surface area contributed by atoms with Crippen molar-refractivity contribution in [3.05, 3.63) is 0 Å². The smallest absolute Gasteiger partial charge is 0.173 e. The molecule has 0 saturated heterocycles. The van der Waals surface area contributed by atoms with E-state index in [0.29, 0.717) is 0 Å². The molecule has 0 rings (SSSR count). The molecule has 7 heteroatoms. The zero-order chi connectivity index (χ0) is 22.6. The minimum Gasteiger partial charge on any atom is -0.455 e. The third-order valence-corrected chi connectivity index (χ3v) is 16.1. The lowest BCUT2D eigenvalue weighted by atomic mass is 10.5. The predicted molar refractivity (Wildman–Crippen MR) is 147 cm³/mol. The van der Waals surface area contributed by atoms with Gasteiger partial charge in [-0.2, -0.15) is 0 Å². The second-order valence-electron chi connectivity index (χ2n) is 12.2. The van der Waals surface area contributed by atoms with Gasteiger partial charge in [0.05, 0.1) is 0 Å². The summed E-state index contributed by atoms with van der Waals surface area (Å²) in [7, 11) is -5.01. The first kappa shape index (κ1) is 29.2. The minimum absolute atomic E-state index is 0.901. The van der Waals surface area contributed by atoms with Crippen LogP contribution >= 0.6 is 0 Å². The van der Waals surface area contributed by atoms with Crippen LogP contribution in [0.4, 0.5) is 0 Å². The standard InChI is InChI=1S/C22H52N2OSi4/c1-26(2,3)19-11-15-23-17-13-21-28(7,8)25-29(9,10)22-14-18-24-16-12-20-27(4,5)6/h17-18H,11-16,19-22H2,1-10H3. The van der Waals surface area contributed by atoms with Crippen molar-refractivity contribution in [1.29, 1.82) is 0 Å². The Hall–Kier alpha value is 0.168. The van der Waals surface area contributed by atoms with Gasteiger partial charge in [-0.1, -0.05) is 51.4 Å². The van der Waals surface area contributed by atoms with Crippen LogP contribution in [0.2, 0.25) is 89.6 Å². The first-order chi connectivity index (χ1) is 13.1. The maximum Gasteiger partial charge on any atom is 0.173 e. The van der Waals surface area contributed by atoms with Gasteiger partial charge >= 0.3 is 0 Å². The van der Waals surface area contributed by atoms with E-state index in [1.807, 2.05) is 0 Å². The average molecular weight is 473 g/mol. The highest BCUT2D eigenvalue weighted by molar-refractivity contribution is 6.85. The molecule has 0 aromatic heterocycles. The molecule has 0 heterocycles. The van der Waals surface area contributed by atoms with E-state index >= 15 is 0 Å². The molecule has 0 atom stereocenters. The minimum atomic E-state index is -1.60. The molecular weight excluding hydrogens is 421 g/mol. The molecule has 0 aromatic carbocycles. The van der Waals surface area contributed by atoms with Crippen molar-refractivity contribution in [1.82, 2.24) is 0 Å². The molecule has 0 amide bonds. The highest BCUT2D eigenvalue weighted by atomic mass is 28.4. The third-order valence-electron chi connectivity index (χ3n) is 4.99. The highest BCUT2D eigenvalue weighted by Gasteiger charge is 2.31. The summed E-state index contributed by atoms with van der Waals surface area (Å²) in [6.07, 6.45) is 8.98. The van der Waals surface area contributed by atoms with Gasteiger partial charge < -0.3 is 4.12 Å². The fraction of sp³-hybridized carbons (Fsp3) is 0.909. The quantitative estimate of drug-likeness (QED) is 0.128. The number of rotatable bonds is 16. The number of aliphatic imine (C=N–C) groups is 2. The summed E-state index contributed by atoms with van der Waals surface area (Å²) in [6.45, 7) is 26.2. The van der Waals surface area contributed by atoms with Crippen LogP contribution in [-0.2, 0) is 4.12 Å². The van der Waals surface area contributed by atoms with Crippen LogP contribution in [0.3, 0.4) is 0 Å². The molecule has 0 spiro atoms. The zero-order valence-corrected chi connectivity index (χ0v) is 25.5. The molecule has 0 unspecified atom stereocenters. The molecule has 0 N–H and O–H groups in total. The van der Waals surface area contributed by atoms with E-state index in [1.165, 1.54) is 37.0 Å². The fourth-order valence-electron chi connectivity index (χ4n) is 3.44. The monoisotopic (exact) mass is 472 g/mol. The maximum absolute atomic E-state index is 6.74. The van der Waals surface area contributed by atoms with Gasteiger partial charge in [-0.05, 0) is 76.4 Å². The van der Waals surface area contributed by atoms with Crippen LogP contribution in [-0.4, -0.2) is 58.3 Å². The number of nitrogens with zero attached hydrogens (tertiary/aromatic N) is 2. The van der Waals surface area contributed by atoms with Crippen LogP contribution < -0.4 is 0 Å². The first-order valence-corrected chi connectivity index (χ1v) is 25.4. The maximum atomic E-state index is 6.74. The van der Waals surface area contributed by atoms with Crippen LogP contribution in [0.25, 0.3) is 0 Å². The number of hydrogen-bond acceptors (Lipinski definition) is 3. The predicted octanol–water partition coefficient (Wildman–Crippen LogP) is 7.79. The Kier molecular flexibility index (Phi) is 13.6. The molecule has 0 aliphatic heterocycles. The molecule has 0 fully saturated rings. The summed E-state index contributed by atoms with van der Waals surface area (Å²) in [5, 5.41) is 0.